The van der Waals surface area contributed by atoms with E-state index in [-0.39, 0.29) is 23.8 Å². The van der Waals surface area contributed by atoms with E-state index < -0.39 is 34.1 Å². The minimum atomic E-state index is -4.19. The zero-order chi connectivity index (χ0) is 33.6. The van der Waals surface area contributed by atoms with E-state index in [2.05, 4.69) is 5.32 Å². The summed E-state index contributed by atoms with van der Waals surface area (Å²) in [6, 6.07) is 27.6. The predicted octanol–water partition coefficient (Wildman–Crippen LogP) is 7.02. The van der Waals surface area contributed by atoms with E-state index in [1.54, 1.807) is 54.6 Å². The van der Waals surface area contributed by atoms with Crippen LogP contribution in [0.25, 0.3) is 0 Å². The summed E-state index contributed by atoms with van der Waals surface area (Å²) in [4.78, 5) is 30.2. The van der Waals surface area contributed by atoms with Crippen molar-refractivity contribution in [3.8, 4) is 0 Å². The standard InChI is InChI=1S/C37H42ClN3O4S/c1-26-18-20-32(21-19-26)46(44,45)41(33-17-10-12-27(2)28(33)3)25-35(42)40(24-30-15-11-16-31(38)22-30)34(36(43)39-37(4,5)6)23-29-13-8-7-9-14-29/h7-22,34H,23-25H2,1-6H3,(H,39,43). The Bertz CT molecular complexity index is 1790. The Balaban J connectivity index is 1.85. The molecule has 46 heavy (non-hydrogen) atoms. The fourth-order valence-electron chi connectivity index (χ4n) is 5.20. The van der Waals surface area contributed by atoms with Gasteiger partial charge in [-0.25, -0.2) is 8.42 Å². The molecule has 0 radical (unpaired) electrons. The van der Waals surface area contributed by atoms with Gasteiger partial charge in [0.25, 0.3) is 10.0 Å². The van der Waals surface area contributed by atoms with E-state index in [9.17, 15) is 18.0 Å². The molecule has 0 bridgehead atoms. The van der Waals surface area contributed by atoms with Crippen LogP contribution in [0.5, 0.6) is 0 Å². The number of rotatable bonds is 11. The summed E-state index contributed by atoms with van der Waals surface area (Å²) in [5, 5.41) is 3.53. The summed E-state index contributed by atoms with van der Waals surface area (Å²) in [6.45, 7) is 10.8. The SMILES string of the molecule is Cc1ccc(S(=O)(=O)N(CC(=O)N(Cc2cccc(Cl)c2)C(Cc2ccccc2)C(=O)NC(C)(C)C)c2cccc(C)c2C)cc1. The number of anilines is 1. The lowest BCUT2D eigenvalue weighted by Gasteiger charge is -2.35. The molecule has 0 heterocycles. The third-order valence-electron chi connectivity index (χ3n) is 7.74. The molecule has 9 heteroatoms. The number of hydrogen-bond donors (Lipinski definition) is 1. The lowest BCUT2D eigenvalue weighted by molar-refractivity contribution is -0.140. The van der Waals surface area contributed by atoms with Crippen LogP contribution in [-0.4, -0.2) is 43.3 Å². The number of carbonyl (C=O) groups excluding carboxylic acids is 2. The van der Waals surface area contributed by atoms with Crippen LogP contribution >= 0.6 is 11.6 Å². The fraction of sp³-hybridized carbons (Fsp3) is 0.297. The number of aryl methyl sites for hydroxylation is 2. The highest BCUT2D eigenvalue weighted by Gasteiger charge is 2.36. The lowest BCUT2D eigenvalue weighted by atomic mass is 10.0. The highest BCUT2D eigenvalue weighted by atomic mass is 35.5. The Morgan fingerprint density at radius 3 is 2.09 bits per heavy atom. The molecule has 0 saturated carbocycles. The summed E-state index contributed by atoms with van der Waals surface area (Å²) >= 11 is 6.33. The van der Waals surface area contributed by atoms with Crippen molar-refractivity contribution in [2.75, 3.05) is 10.8 Å². The number of nitrogens with one attached hydrogen (secondary N) is 1. The van der Waals surface area contributed by atoms with Gasteiger partial charge in [-0.1, -0.05) is 83.9 Å². The number of amides is 2. The van der Waals surface area contributed by atoms with E-state index in [4.69, 9.17) is 11.6 Å². The Kier molecular flexibility index (Phi) is 11.0. The normalized spacial score (nSPS) is 12.3. The van der Waals surface area contributed by atoms with Crippen LogP contribution in [-0.2, 0) is 32.6 Å². The second kappa shape index (κ2) is 14.5. The zero-order valence-electron chi connectivity index (χ0n) is 27.2. The van der Waals surface area contributed by atoms with Gasteiger partial charge in [-0.3, -0.25) is 13.9 Å². The fourth-order valence-corrected chi connectivity index (χ4v) is 6.88. The molecule has 0 saturated heterocycles. The van der Waals surface area contributed by atoms with Gasteiger partial charge in [0, 0.05) is 23.5 Å². The maximum atomic E-state index is 14.7. The van der Waals surface area contributed by atoms with E-state index in [1.807, 2.05) is 84.0 Å². The van der Waals surface area contributed by atoms with E-state index in [0.29, 0.717) is 16.3 Å². The van der Waals surface area contributed by atoms with Crippen LogP contribution in [0.4, 0.5) is 5.69 Å². The quantitative estimate of drug-likeness (QED) is 0.188. The van der Waals surface area contributed by atoms with E-state index in [0.717, 1.165) is 26.6 Å². The minimum Gasteiger partial charge on any atom is -0.350 e. The maximum absolute atomic E-state index is 14.7. The van der Waals surface area contributed by atoms with Crippen LogP contribution in [0.3, 0.4) is 0 Å². The van der Waals surface area contributed by atoms with Crippen molar-refractivity contribution in [3.63, 3.8) is 0 Å². The van der Waals surface area contributed by atoms with Crippen LogP contribution in [0.1, 0.15) is 48.6 Å². The Labute approximate surface area is 278 Å². The molecule has 0 aliphatic rings. The number of hydrogen-bond acceptors (Lipinski definition) is 4. The smallest absolute Gasteiger partial charge is 0.264 e. The third kappa shape index (κ3) is 8.77. The molecule has 0 fully saturated rings. The third-order valence-corrected chi connectivity index (χ3v) is 9.75. The van der Waals surface area contributed by atoms with Gasteiger partial charge in [0.1, 0.15) is 12.6 Å². The average Bonchev–Trinajstić information content (AvgIpc) is 2.99. The van der Waals surface area contributed by atoms with Crippen LogP contribution in [0.15, 0.2) is 102 Å². The Morgan fingerprint density at radius 1 is 0.826 bits per heavy atom. The number of sulfonamides is 1. The number of nitrogens with zero attached hydrogens (tertiary/aromatic N) is 2. The monoisotopic (exact) mass is 659 g/mol. The first-order chi connectivity index (χ1) is 21.7. The summed E-state index contributed by atoms with van der Waals surface area (Å²) in [7, 11) is -4.19. The molecule has 0 aliphatic carbocycles. The summed E-state index contributed by atoms with van der Waals surface area (Å²) in [5.74, 6) is -0.868. The molecule has 4 aromatic rings. The van der Waals surface area contributed by atoms with E-state index in [1.165, 1.54) is 4.90 Å². The molecular formula is C37H42ClN3O4S. The second-order valence-corrected chi connectivity index (χ2v) is 14.9. The molecule has 7 nitrogen and oxygen atoms in total. The second-order valence-electron chi connectivity index (χ2n) is 12.6. The highest BCUT2D eigenvalue weighted by molar-refractivity contribution is 7.92. The predicted molar refractivity (Wildman–Crippen MR) is 185 cm³/mol. The molecule has 2 amide bonds. The van der Waals surface area contributed by atoms with Gasteiger partial charge in [-0.05, 0) is 94.1 Å². The van der Waals surface area contributed by atoms with Gasteiger partial charge in [0.2, 0.25) is 11.8 Å². The van der Waals surface area contributed by atoms with Gasteiger partial charge in [-0.2, -0.15) is 0 Å². The average molecular weight is 660 g/mol. The highest BCUT2D eigenvalue weighted by Crippen LogP contribution is 2.30. The number of benzene rings is 4. The first-order valence-corrected chi connectivity index (χ1v) is 17.0. The molecule has 1 unspecified atom stereocenters. The minimum absolute atomic E-state index is 0.0413. The number of carbonyl (C=O) groups is 2. The molecular weight excluding hydrogens is 618 g/mol. The van der Waals surface area contributed by atoms with Gasteiger partial charge < -0.3 is 10.2 Å². The van der Waals surface area contributed by atoms with Crippen molar-refractivity contribution < 1.29 is 18.0 Å². The van der Waals surface area contributed by atoms with Crippen molar-refractivity contribution in [1.29, 1.82) is 0 Å². The summed E-state index contributed by atoms with van der Waals surface area (Å²) < 4.78 is 29.8. The van der Waals surface area contributed by atoms with Gasteiger partial charge in [0.15, 0.2) is 0 Å². The van der Waals surface area contributed by atoms with Crippen LogP contribution in [0.2, 0.25) is 5.02 Å². The Hall–Kier alpha value is -4.14. The lowest BCUT2D eigenvalue weighted by Crippen LogP contribution is -2.56. The van der Waals surface area contributed by atoms with Crippen LogP contribution < -0.4 is 9.62 Å². The van der Waals surface area contributed by atoms with E-state index >= 15 is 0 Å². The zero-order valence-corrected chi connectivity index (χ0v) is 28.8. The molecule has 0 aromatic heterocycles. The molecule has 4 aromatic carbocycles. The largest absolute Gasteiger partial charge is 0.350 e. The van der Waals surface area contributed by atoms with Gasteiger partial charge >= 0.3 is 0 Å². The van der Waals surface area contributed by atoms with Gasteiger partial charge in [0.05, 0.1) is 10.6 Å². The van der Waals surface area contributed by atoms with Crippen molar-refractivity contribution in [1.82, 2.24) is 10.2 Å². The maximum Gasteiger partial charge on any atom is 0.264 e. The molecule has 1 N–H and O–H groups in total. The van der Waals surface area contributed by atoms with Crippen molar-refractivity contribution in [2.24, 2.45) is 0 Å². The first-order valence-electron chi connectivity index (χ1n) is 15.2. The first kappa shape index (κ1) is 34.7. The van der Waals surface area contributed by atoms with Crippen LogP contribution in [0, 0.1) is 20.8 Å². The molecule has 0 aliphatic heterocycles. The van der Waals surface area contributed by atoms with Gasteiger partial charge in [-0.15, -0.1) is 0 Å². The topological polar surface area (TPSA) is 86.8 Å². The van der Waals surface area contributed by atoms with Crippen molar-refractivity contribution in [3.05, 3.63) is 130 Å². The molecule has 1 atom stereocenters. The van der Waals surface area contributed by atoms with Crippen molar-refractivity contribution >= 4 is 39.1 Å². The molecule has 0 spiro atoms. The molecule has 4 rings (SSSR count). The number of halogens is 1. The van der Waals surface area contributed by atoms with Crippen molar-refractivity contribution in [2.45, 2.75) is 71.0 Å². The summed E-state index contributed by atoms with van der Waals surface area (Å²) in [6.07, 6.45) is 0.225. The summed E-state index contributed by atoms with van der Waals surface area (Å²) in [5.41, 5.74) is 3.93. The molecule has 242 valence electrons. The Morgan fingerprint density at radius 2 is 1.46 bits per heavy atom.